The van der Waals surface area contributed by atoms with Crippen LogP contribution < -0.4 is 10.1 Å². The van der Waals surface area contributed by atoms with Crippen molar-refractivity contribution in [3.05, 3.63) is 70.0 Å². The quantitative estimate of drug-likeness (QED) is 0.345. The lowest BCUT2D eigenvalue weighted by molar-refractivity contribution is -0.384. The largest absolute Gasteiger partial charge is 0.497 e. The van der Waals surface area contributed by atoms with Gasteiger partial charge in [-0.05, 0) is 29.8 Å². The fourth-order valence-corrected chi connectivity index (χ4v) is 1.97. The summed E-state index contributed by atoms with van der Waals surface area (Å²) in [6, 6.07) is 9.57. The molecule has 0 aliphatic heterocycles. The van der Waals surface area contributed by atoms with Crippen LogP contribution >= 0.6 is 0 Å². The molecule has 0 unspecified atom stereocenters. The fourth-order valence-electron chi connectivity index (χ4n) is 1.97. The minimum Gasteiger partial charge on any atom is -0.497 e. The van der Waals surface area contributed by atoms with E-state index in [4.69, 9.17) is 9.47 Å². The zero-order valence-corrected chi connectivity index (χ0v) is 14.2. The summed E-state index contributed by atoms with van der Waals surface area (Å²) in [5, 5.41) is 12.8. The highest BCUT2D eigenvalue weighted by Crippen LogP contribution is 2.21. The highest BCUT2D eigenvalue weighted by molar-refractivity contribution is 5.94. The van der Waals surface area contributed by atoms with Crippen LogP contribution in [0.3, 0.4) is 0 Å². The van der Waals surface area contributed by atoms with E-state index in [1.807, 2.05) is 0 Å². The smallest absolute Gasteiger partial charge is 0.331 e. The zero-order valence-electron chi connectivity index (χ0n) is 14.2. The van der Waals surface area contributed by atoms with Gasteiger partial charge in [0.05, 0.1) is 17.7 Å². The van der Waals surface area contributed by atoms with E-state index in [2.05, 4.69) is 5.32 Å². The van der Waals surface area contributed by atoms with Gasteiger partial charge in [-0.3, -0.25) is 14.9 Å². The number of benzene rings is 2. The molecule has 2 aromatic carbocycles. The van der Waals surface area contributed by atoms with Crippen LogP contribution in [0.2, 0.25) is 0 Å². The minimum absolute atomic E-state index is 0.376. The van der Waals surface area contributed by atoms with E-state index in [9.17, 15) is 24.1 Å². The van der Waals surface area contributed by atoms with Crippen molar-refractivity contribution in [3.8, 4) is 5.75 Å². The predicted octanol–water partition coefficient (Wildman–Crippen LogP) is 2.94. The molecule has 0 saturated carbocycles. The van der Waals surface area contributed by atoms with Gasteiger partial charge < -0.3 is 14.8 Å². The molecule has 0 saturated heterocycles. The summed E-state index contributed by atoms with van der Waals surface area (Å²) in [5.74, 6) is -1.79. The Kier molecular flexibility index (Phi) is 6.59. The molecule has 0 radical (unpaired) electrons. The molecule has 0 aliphatic carbocycles. The number of amides is 1. The summed E-state index contributed by atoms with van der Waals surface area (Å²) < 4.78 is 23.3. The number of esters is 1. The van der Waals surface area contributed by atoms with Crippen LogP contribution in [0.25, 0.3) is 6.08 Å². The highest BCUT2D eigenvalue weighted by Gasteiger charge is 2.14. The molecule has 0 fully saturated rings. The number of ether oxygens (including phenoxy) is 2. The number of nitro benzene ring substituents is 1. The van der Waals surface area contributed by atoms with Crippen molar-refractivity contribution >= 4 is 29.3 Å². The maximum absolute atomic E-state index is 13.6. The molecule has 0 atom stereocenters. The third-order valence-corrected chi connectivity index (χ3v) is 3.31. The first-order chi connectivity index (χ1) is 12.9. The third-order valence-electron chi connectivity index (χ3n) is 3.31. The average molecular weight is 374 g/mol. The molecule has 9 heteroatoms. The molecule has 140 valence electrons. The van der Waals surface area contributed by atoms with Gasteiger partial charge in [0.1, 0.15) is 11.6 Å². The number of hydrogen-bond acceptors (Lipinski definition) is 6. The Morgan fingerprint density at radius 3 is 2.56 bits per heavy atom. The van der Waals surface area contributed by atoms with Gasteiger partial charge in [-0.1, -0.05) is 12.1 Å². The van der Waals surface area contributed by atoms with Crippen LogP contribution in [0, 0.1) is 15.9 Å². The third kappa shape index (κ3) is 5.92. The maximum atomic E-state index is 13.6. The Bertz CT molecular complexity index is 880. The summed E-state index contributed by atoms with van der Waals surface area (Å²) in [7, 11) is 1.53. The average Bonchev–Trinajstić information content (AvgIpc) is 2.66. The number of hydrogen-bond donors (Lipinski definition) is 1. The van der Waals surface area contributed by atoms with E-state index in [-0.39, 0.29) is 11.4 Å². The van der Waals surface area contributed by atoms with Crippen molar-refractivity contribution in [2.24, 2.45) is 0 Å². The summed E-state index contributed by atoms with van der Waals surface area (Å²) in [4.78, 5) is 33.3. The zero-order chi connectivity index (χ0) is 19.8. The van der Waals surface area contributed by atoms with Crippen molar-refractivity contribution in [1.82, 2.24) is 0 Å². The van der Waals surface area contributed by atoms with Crippen molar-refractivity contribution in [2.75, 3.05) is 19.0 Å². The molecule has 2 aromatic rings. The summed E-state index contributed by atoms with van der Waals surface area (Å²) in [6.45, 7) is -0.673. The number of rotatable bonds is 7. The van der Waals surface area contributed by atoms with Crippen LogP contribution in [0.5, 0.6) is 5.75 Å². The summed E-state index contributed by atoms with van der Waals surface area (Å²) in [5.41, 5.74) is -0.0407. The molecule has 2 rings (SSSR count). The lowest BCUT2D eigenvalue weighted by atomic mass is 10.2. The Morgan fingerprint density at radius 2 is 1.93 bits per heavy atom. The van der Waals surface area contributed by atoms with Crippen LogP contribution in [-0.2, 0) is 14.3 Å². The number of halogens is 1. The first-order valence-corrected chi connectivity index (χ1v) is 7.61. The van der Waals surface area contributed by atoms with Crippen LogP contribution in [0.4, 0.5) is 15.8 Å². The lowest BCUT2D eigenvalue weighted by Crippen LogP contribution is -2.20. The van der Waals surface area contributed by atoms with E-state index in [0.29, 0.717) is 5.75 Å². The van der Waals surface area contributed by atoms with Crippen molar-refractivity contribution < 1.29 is 28.4 Å². The molecule has 0 aliphatic rings. The molecule has 0 aromatic heterocycles. The molecule has 0 spiro atoms. The Hall–Kier alpha value is -3.75. The lowest BCUT2D eigenvalue weighted by Gasteiger charge is -2.06. The van der Waals surface area contributed by atoms with Crippen molar-refractivity contribution in [2.45, 2.75) is 0 Å². The molecule has 0 heterocycles. The van der Waals surface area contributed by atoms with E-state index in [1.54, 1.807) is 24.3 Å². The van der Waals surface area contributed by atoms with Gasteiger partial charge in [0.15, 0.2) is 6.61 Å². The Balaban J connectivity index is 1.87. The molecule has 1 amide bonds. The van der Waals surface area contributed by atoms with Crippen LogP contribution in [0.15, 0.2) is 48.5 Å². The second-order valence-corrected chi connectivity index (χ2v) is 5.18. The Morgan fingerprint density at radius 1 is 1.22 bits per heavy atom. The molecule has 1 N–H and O–H groups in total. The number of anilines is 1. The van der Waals surface area contributed by atoms with Gasteiger partial charge in [-0.25, -0.2) is 9.18 Å². The molecule has 27 heavy (non-hydrogen) atoms. The van der Waals surface area contributed by atoms with Gasteiger partial charge in [0, 0.05) is 18.2 Å². The second-order valence-electron chi connectivity index (χ2n) is 5.18. The normalized spacial score (nSPS) is 10.4. The maximum Gasteiger partial charge on any atom is 0.331 e. The SMILES string of the molecule is COc1ccc(/C=C/C(=O)OCC(=O)Nc2cc([N+](=O)[O-])ccc2F)cc1. The van der Waals surface area contributed by atoms with E-state index >= 15 is 0 Å². The molecular formula is C18H15FN2O6. The van der Waals surface area contributed by atoms with Gasteiger partial charge in [0.2, 0.25) is 0 Å². The number of nitrogens with zero attached hydrogens (tertiary/aromatic N) is 1. The number of nitrogens with one attached hydrogen (secondary N) is 1. The van der Waals surface area contributed by atoms with E-state index in [1.165, 1.54) is 13.2 Å². The fraction of sp³-hybridized carbons (Fsp3) is 0.111. The molecule has 0 bridgehead atoms. The first-order valence-electron chi connectivity index (χ1n) is 7.61. The van der Waals surface area contributed by atoms with Gasteiger partial charge in [0.25, 0.3) is 11.6 Å². The number of nitro groups is 1. The molecular weight excluding hydrogens is 359 g/mol. The Labute approximate surface area is 153 Å². The van der Waals surface area contributed by atoms with E-state index < -0.39 is 29.2 Å². The summed E-state index contributed by atoms with van der Waals surface area (Å²) >= 11 is 0. The molecule has 8 nitrogen and oxygen atoms in total. The first kappa shape index (κ1) is 19.6. The van der Waals surface area contributed by atoms with E-state index in [0.717, 1.165) is 29.8 Å². The highest BCUT2D eigenvalue weighted by atomic mass is 19.1. The monoisotopic (exact) mass is 374 g/mol. The predicted molar refractivity (Wildman–Crippen MR) is 94.7 cm³/mol. The number of carbonyl (C=O) groups excluding carboxylic acids is 2. The number of methoxy groups -OCH3 is 1. The minimum atomic E-state index is -0.848. The standard InChI is InChI=1S/C18H15FN2O6/c1-26-14-6-2-12(3-7-14)4-9-18(23)27-11-17(22)20-16-10-13(21(24)25)5-8-15(16)19/h2-10H,11H2,1H3,(H,20,22)/b9-4+. The number of non-ortho nitro benzene ring substituents is 1. The van der Waals surface area contributed by atoms with Crippen molar-refractivity contribution in [1.29, 1.82) is 0 Å². The van der Waals surface area contributed by atoms with Crippen molar-refractivity contribution in [3.63, 3.8) is 0 Å². The van der Waals surface area contributed by atoms with Gasteiger partial charge >= 0.3 is 5.97 Å². The topological polar surface area (TPSA) is 108 Å². The number of carbonyl (C=O) groups is 2. The van der Waals surface area contributed by atoms with Gasteiger partial charge in [-0.15, -0.1) is 0 Å². The summed E-state index contributed by atoms with van der Waals surface area (Å²) in [6.07, 6.45) is 2.61. The second kappa shape index (κ2) is 9.09. The van der Waals surface area contributed by atoms with Crippen LogP contribution in [0.1, 0.15) is 5.56 Å². The van der Waals surface area contributed by atoms with Crippen LogP contribution in [-0.4, -0.2) is 30.5 Å². The van der Waals surface area contributed by atoms with Gasteiger partial charge in [-0.2, -0.15) is 0 Å².